The largest absolute Gasteiger partial charge is 0.322 e. The maximum atomic E-state index is 13.4. The molecular weight excluding hydrogens is 252 g/mol. The van der Waals surface area contributed by atoms with Gasteiger partial charge in [-0.25, -0.2) is 8.78 Å². The van der Waals surface area contributed by atoms with E-state index in [2.05, 4.69) is 10.6 Å². The van der Waals surface area contributed by atoms with Crippen molar-refractivity contribution < 1.29 is 13.6 Å². The Kier molecular flexibility index (Phi) is 4.44. The van der Waals surface area contributed by atoms with Gasteiger partial charge in [0.1, 0.15) is 11.6 Å². The van der Waals surface area contributed by atoms with Gasteiger partial charge < -0.3 is 10.6 Å². The number of hydrogen-bond acceptors (Lipinski definition) is 3. The SMILES string of the molecule is CC1CN(CC(=O)Nc2cc(F)ccc2F)CCN1. The fourth-order valence-electron chi connectivity index (χ4n) is 2.14. The normalized spacial score (nSPS) is 20.3. The van der Waals surface area contributed by atoms with Gasteiger partial charge >= 0.3 is 0 Å². The Morgan fingerprint density at radius 1 is 1.53 bits per heavy atom. The lowest BCUT2D eigenvalue weighted by Crippen LogP contribution is -2.51. The third-order valence-corrected chi connectivity index (χ3v) is 3.02. The summed E-state index contributed by atoms with van der Waals surface area (Å²) >= 11 is 0. The fourth-order valence-corrected chi connectivity index (χ4v) is 2.14. The van der Waals surface area contributed by atoms with E-state index in [9.17, 15) is 13.6 Å². The monoisotopic (exact) mass is 269 g/mol. The van der Waals surface area contributed by atoms with E-state index in [4.69, 9.17) is 0 Å². The molecule has 0 saturated carbocycles. The van der Waals surface area contributed by atoms with Gasteiger partial charge in [0.25, 0.3) is 0 Å². The molecule has 1 aromatic carbocycles. The van der Waals surface area contributed by atoms with E-state index < -0.39 is 11.6 Å². The quantitative estimate of drug-likeness (QED) is 0.866. The molecule has 0 bridgehead atoms. The molecule has 19 heavy (non-hydrogen) atoms. The second-order valence-electron chi connectivity index (χ2n) is 4.76. The summed E-state index contributed by atoms with van der Waals surface area (Å²) < 4.78 is 26.3. The van der Waals surface area contributed by atoms with Crippen LogP contribution in [-0.2, 0) is 4.79 Å². The molecule has 1 unspecified atom stereocenters. The predicted molar refractivity (Wildman–Crippen MR) is 68.9 cm³/mol. The second-order valence-corrected chi connectivity index (χ2v) is 4.76. The van der Waals surface area contributed by atoms with Crippen LogP contribution in [0.25, 0.3) is 0 Å². The van der Waals surface area contributed by atoms with Crippen molar-refractivity contribution in [1.29, 1.82) is 0 Å². The highest BCUT2D eigenvalue weighted by molar-refractivity contribution is 5.92. The Balaban J connectivity index is 1.92. The first kappa shape index (κ1) is 13.9. The van der Waals surface area contributed by atoms with Gasteiger partial charge in [-0.05, 0) is 19.1 Å². The Bertz CT molecular complexity index is 467. The average molecular weight is 269 g/mol. The molecule has 1 aromatic rings. The molecule has 1 aliphatic rings. The number of nitrogens with zero attached hydrogens (tertiary/aromatic N) is 1. The third kappa shape index (κ3) is 3.97. The number of hydrogen-bond donors (Lipinski definition) is 2. The molecule has 0 aliphatic carbocycles. The summed E-state index contributed by atoms with van der Waals surface area (Å²) in [6.07, 6.45) is 0. The summed E-state index contributed by atoms with van der Waals surface area (Å²) in [4.78, 5) is 13.8. The summed E-state index contributed by atoms with van der Waals surface area (Å²) in [5, 5.41) is 5.67. The van der Waals surface area contributed by atoms with E-state index in [0.29, 0.717) is 6.04 Å². The van der Waals surface area contributed by atoms with Crippen molar-refractivity contribution in [3.05, 3.63) is 29.8 Å². The molecule has 0 aromatic heterocycles. The molecule has 1 atom stereocenters. The Labute approximate surface area is 110 Å². The standard InChI is InChI=1S/C13H17F2N3O/c1-9-7-18(5-4-16-9)8-13(19)17-12-6-10(14)2-3-11(12)15/h2-3,6,9,16H,4-5,7-8H2,1H3,(H,17,19). The van der Waals surface area contributed by atoms with E-state index in [0.717, 1.165) is 37.8 Å². The lowest BCUT2D eigenvalue weighted by Gasteiger charge is -2.31. The predicted octanol–water partition coefficient (Wildman–Crippen LogP) is 1.20. The summed E-state index contributed by atoms with van der Waals surface area (Å²) in [6, 6.07) is 3.32. The highest BCUT2D eigenvalue weighted by atomic mass is 19.1. The van der Waals surface area contributed by atoms with Gasteiger partial charge in [-0.2, -0.15) is 0 Å². The van der Waals surface area contributed by atoms with Gasteiger partial charge in [0.15, 0.2) is 0 Å². The van der Waals surface area contributed by atoms with Crippen LogP contribution >= 0.6 is 0 Å². The molecule has 6 heteroatoms. The zero-order valence-electron chi connectivity index (χ0n) is 10.7. The van der Waals surface area contributed by atoms with Gasteiger partial charge in [-0.3, -0.25) is 9.69 Å². The first-order chi connectivity index (χ1) is 9.04. The molecule has 2 rings (SSSR count). The van der Waals surface area contributed by atoms with Gasteiger partial charge in [0.2, 0.25) is 5.91 Å². The first-order valence-electron chi connectivity index (χ1n) is 6.25. The van der Waals surface area contributed by atoms with Gasteiger partial charge in [-0.1, -0.05) is 0 Å². The number of nitrogens with one attached hydrogen (secondary N) is 2. The lowest BCUT2D eigenvalue weighted by atomic mass is 10.2. The van der Waals surface area contributed by atoms with Gasteiger partial charge in [0.05, 0.1) is 12.2 Å². The molecule has 0 spiro atoms. The molecule has 0 radical (unpaired) electrons. The van der Waals surface area contributed by atoms with Crippen LogP contribution in [0.5, 0.6) is 0 Å². The molecule has 104 valence electrons. The van der Waals surface area contributed by atoms with Crippen LogP contribution < -0.4 is 10.6 Å². The van der Waals surface area contributed by atoms with Crippen molar-refractivity contribution in [1.82, 2.24) is 10.2 Å². The van der Waals surface area contributed by atoms with Crippen molar-refractivity contribution in [2.45, 2.75) is 13.0 Å². The minimum atomic E-state index is -0.636. The van der Waals surface area contributed by atoms with Gasteiger partial charge in [0, 0.05) is 31.7 Å². The number of piperazine rings is 1. The summed E-state index contributed by atoms with van der Waals surface area (Å²) in [5.74, 6) is -1.55. The summed E-state index contributed by atoms with van der Waals surface area (Å²) in [6.45, 7) is 4.57. The van der Waals surface area contributed by atoms with Crippen LogP contribution in [0.4, 0.5) is 14.5 Å². The minimum Gasteiger partial charge on any atom is -0.322 e. The van der Waals surface area contributed by atoms with Gasteiger partial charge in [-0.15, -0.1) is 0 Å². The van der Waals surface area contributed by atoms with Crippen molar-refractivity contribution in [3.8, 4) is 0 Å². The van der Waals surface area contributed by atoms with Crippen LogP contribution in [-0.4, -0.2) is 43.0 Å². The molecular formula is C13H17F2N3O. The molecule has 1 fully saturated rings. The maximum Gasteiger partial charge on any atom is 0.238 e. The number of carbonyl (C=O) groups excluding carboxylic acids is 1. The van der Waals surface area contributed by atoms with E-state index in [1.165, 1.54) is 0 Å². The molecule has 4 nitrogen and oxygen atoms in total. The van der Waals surface area contributed by atoms with Crippen LogP contribution in [0.15, 0.2) is 18.2 Å². The van der Waals surface area contributed by atoms with Crippen molar-refractivity contribution in [3.63, 3.8) is 0 Å². The number of benzene rings is 1. The number of anilines is 1. The highest BCUT2D eigenvalue weighted by Gasteiger charge is 2.18. The number of amides is 1. The van der Waals surface area contributed by atoms with Crippen LogP contribution in [0.1, 0.15) is 6.92 Å². The zero-order valence-corrected chi connectivity index (χ0v) is 10.7. The topological polar surface area (TPSA) is 44.4 Å². The average Bonchev–Trinajstić information content (AvgIpc) is 2.34. The van der Waals surface area contributed by atoms with Crippen molar-refractivity contribution in [2.24, 2.45) is 0 Å². The first-order valence-corrected chi connectivity index (χ1v) is 6.25. The Morgan fingerprint density at radius 2 is 2.32 bits per heavy atom. The number of carbonyl (C=O) groups is 1. The van der Waals surface area contributed by atoms with E-state index in [-0.39, 0.29) is 18.1 Å². The molecule has 1 aliphatic heterocycles. The van der Waals surface area contributed by atoms with Crippen molar-refractivity contribution >= 4 is 11.6 Å². The smallest absolute Gasteiger partial charge is 0.238 e. The number of rotatable bonds is 3. The maximum absolute atomic E-state index is 13.4. The summed E-state index contributed by atoms with van der Waals surface area (Å²) in [7, 11) is 0. The number of halogens is 2. The van der Waals surface area contributed by atoms with Crippen LogP contribution in [0.3, 0.4) is 0 Å². The van der Waals surface area contributed by atoms with E-state index >= 15 is 0 Å². The van der Waals surface area contributed by atoms with E-state index in [1.54, 1.807) is 0 Å². The Morgan fingerprint density at radius 3 is 3.05 bits per heavy atom. The van der Waals surface area contributed by atoms with Crippen LogP contribution in [0, 0.1) is 11.6 Å². The molecule has 1 amide bonds. The zero-order chi connectivity index (χ0) is 13.8. The molecule has 2 N–H and O–H groups in total. The van der Waals surface area contributed by atoms with Crippen LogP contribution in [0.2, 0.25) is 0 Å². The minimum absolute atomic E-state index is 0.117. The summed E-state index contributed by atoms with van der Waals surface area (Å²) in [5.41, 5.74) is -0.117. The molecule has 1 heterocycles. The highest BCUT2D eigenvalue weighted by Crippen LogP contribution is 2.15. The third-order valence-electron chi connectivity index (χ3n) is 3.02. The Hall–Kier alpha value is -1.53. The molecule has 1 saturated heterocycles. The van der Waals surface area contributed by atoms with Crippen molar-refractivity contribution in [2.75, 3.05) is 31.5 Å². The lowest BCUT2D eigenvalue weighted by molar-refractivity contribution is -0.117. The van der Waals surface area contributed by atoms with E-state index in [1.807, 2.05) is 11.8 Å². The fraction of sp³-hybridized carbons (Fsp3) is 0.462. The second kappa shape index (κ2) is 6.08.